The molecule has 1 aliphatic carbocycles. The van der Waals surface area contributed by atoms with Gasteiger partial charge in [-0.05, 0) is 49.6 Å². The summed E-state index contributed by atoms with van der Waals surface area (Å²) >= 11 is 0. The monoisotopic (exact) mass is 526 g/mol. The Balaban J connectivity index is 1.55. The van der Waals surface area contributed by atoms with Crippen molar-refractivity contribution >= 4 is 28.9 Å². The predicted molar refractivity (Wildman–Crippen MR) is 158 cm³/mol. The van der Waals surface area contributed by atoms with Crippen LogP contribution in [0.2, 0.25) is 0 Å². The van der Waals surface area contributed by atoms with E-state index in [1.165, 1.54) is 4.57 Å². The van der Waals surface area contributed by atoms with Crippen LogP contribution >= 0.6 is 0 Å². The molecule has 5 aromatic rings. The molecule has 1 aromatic heterocycles. The molecule has 6 rings (SSSR count). The zero-order chi connectivity index (χ0) is 27.9. The molecular weight excluding hydrogens is 496 g/mol. The molecule has 5 nitrogen and oxygen atoms in total. The van der Waals surface area contributed by atoms with Crippen molar-refractivity contribution in [2.45, 2.75) is 31.9 Å². The summed E-state index contributed by atoms with van der Waals surface area (Å²) in [5.41, 5.74) is 3.90. The number of benzene rings is 4. The number of hydrogen-bond donors (Lipinski definition) is 1. The minimum absolute atomic E-state index is 0.132. The van der Waals surface area contributed by atoms with Crippen LogP contribution in [0, 0.1) is 0 Å². The van der Waals surface area contributed by atoms with Gasteiger partial charge >= 0.3 is 6.09 Å². The first kappa shape index (κ1) is 25.4. The van der Waals surface area contributed by atoms with E-state index in [0.29, 0.717) is 16.8 Å². The largest absolute Gasteiger partial charge is 0.443 e. The van der Waals surface area contributed by atoms with E-state index in [9.17, 15) is 9.59 Å². The smallest absolute Gasteiger partial charge is 0.419 e. The van der Waals surface area contributed by atoms with Gasteiger partial charge in [-0.1, -0.05) is 103 Å². The summed E-state index contributed by atoms with van der Waals surface area (Å²) in [6.45, 7) is 5.51. The summed E-state index contributed by atoms with van der Waals surface area (Å²) in [5, 5.41) is 4.46. The Morgan fingerprint density at radius 2 is 1.25 bits per heavy atom. The van der Waals surface area contributed by atoms with Crippen molar-refractivity contribution in [2.24, 2.45) is 0 Å². The second-order valence-corrected chi connectivity index (χ2v) is 11.0. The summed E-state index contributed by atoms with van der Waals surface area (Å²) in [7, 11) is 0. The van der Waals surface area contributed by atoms with Crippen LogP contribution in [0.3, 0.4) is 0 Å². The normalized spacial score (nSPS) is 13.2. The van der Waals surface area contributed by atoms with Crippen molar-refractivity contribution in [3.63, 3.8) is 0 Å². The van der Waals surface area contributed by atoms with Crippen molar-refractivity contribution in [2.75, 3.05) is 0 Å². The molecule has 1 N–H and O–H groups in total. The van der Waals surface area contributed by atoms with Gasteiger partial charge in [0.25, 0.3) is 0 Å². The molecule has 40 heavy (non-hydrogen) atoms. The van der Waals surface area contributed by atoms with Gasteiger partial charge in [0.1, 0.15) is 11.1 Å². The molecule has 0 atom stereocenters. The van der Waals surface area contributed by atoms with Gasteiger partial charge in [0.05, 0.1) is 11.2 Å². The van der Waals surface area contributed by atoms with Gasteiger partial charge in [-0.2, -0.15) is 0 Å². The number of nitrogens with one attached hydrogen (secondary N) is 1. The molecule has 0 amide bonds. The zero-order valence-corrected chi connectivity index (χ0v) is 22.7. The Labute approximate surface area is 233 Å². The molecule has 0 bridgehead atoms. The third kappa shape index (κ3) is 4.30. The second-order valence-electron chi connectivity index (χ2n) is 11.0. The second kappa shape index (κ2) is 9.69. The number of carbonyl (C=O) groups is 2. The number of nitrogens with zero attached hydrogens (tertiary/aromatic N) is 1. The molecule has 0 aliphatic heterocycles. The molecule has 0 saturated carbocycles. The van der Waals surface area contributed by atoms with E-state index < -0.39 is 17.2 Å². The third-order valence-electron chi connectivity index (χ3n) is 7.18. The first-order valence-corrected chi connectivity index (χ1v) is 13.4. The molecule has 1 heterocycles. The Morgan fingerprint density at radius 1 is 0.725 bits per heavy atom. The van der Waals surface area contributed by atoms with Crippen molar-refractivity contribution in [3.05, 3.63) is 149 Å². The maximum absolute atomic E-state index is 14.1. The van der Waals surface area contributed by atoms with Gasteiger partial charge in [-0.25, -0.2) is 4.79 Å². The van der Waals surface area contributed by atoms with Crippen LogP contribution in [0.4, 0.5) is 4.79 Å². The van der Waals surface area contributed by atoms with Gasteiger partial charge < -0.3 is 10.1 Å². The minimum atomic E-state index is -0.857. The Bertz CT molecular complexity index is 1650. The van der Waals surface area contributed by atoms with Crippen LogP contribution in [0.5, 0.6) is 0 Å². The molecule has 0 saturated heterocycles. The number of ketones is 1. The molecule has 0 fully saturated rings. The molecule has 0 spiro atoms. The quantitative estimate of drug-likeness (QED) is 0.240. The van der Waals surface area contributed by atoms with E-state index in [2.05, 4.69) is 41.7 Å². The van der Waals surface area contributed by atoms with Crippen LogP contribution < -0.4 is 5.32 Å². The molecule has 0 radical (unpaired) electrons. The highest BCUT2D eigenvalue weighted by Gasteiger charge is 2.39. The molecule has 4 aromatic carbocycles. The van der Waals surface area contributed by atoms with Crippen LogP contribution in [0.1, 0.15) is 53.4 Å². The van der Waals surface area contributed by atoms with Crippen LogP contribution in [0.15, 0.2) is 121 Å². The number of rotatable bonds is 5. The standard InChI is InChI=1S/C35H30N2O3/c1-34(2,3)40-33(39)37-23-24-22-29(32(38)28-20-13-21-30(37)31(24)28)36-35(25-14-7-4-8-15-25,26-16-9-5-10-17-26)27-18-11-6-12-19-27/h4-23,36H,1-3H3. The average molecular weight is 527 g/mol. The van der Waals surface area contributed by atoms with Gasteiger partial charge in [0.15, 0.2) is 0 Å². The Kier molecular flexibility index (Phi) is 6.15. The van der Waals surface area contributed by atoms with Gasteiger partial charge in [-0.15, -0.1) is 0 Å². The van der Waals surface area contributed by atoms with E-state index in [1.807, 2.05) is 99.6 Å². The summed E-state index contributed by atoms with van der Waals surface area (Å²) in [6.07, 6.45) is 3.12. The molecular formula is C35H30N2O3. The maximum Gasteiger partial charge on any atom is 0.419 e. The van der Waals surface area contributed by atoms with E-state index >= 15 is 0 Å². The van der Waals surface area contributed by atoms with Gasteiger partial charge in [0, 0.05) is 22.7 Å². The molecule has 1 aliphatic rings. The van der Waals surface area contributed by atoms with Crippen molar-refractivity contribution in [1.29, 1.82) is 0 Å². The van der Waals surface area contributed by atoms with Crippen molar-refractivity contribution in [3.8, 4) is 0 Å². The highest BCUT2D eigenvalue weighted by molar-refractivity contribution is 6.23. The van der Waals surface area contributed by atoms with Crippen LogP contribution in [-0.2, 0) is 10.3 Å². The summed E-state index contributed by atoms with van der Waals surface area (Å²) in [4.78, 5) is 27.2. The molecule has 0 unspecified atom stereocenters. The van der Waals surface area contributed by atoms with E-state index in [-0.39, 0.29) is 5.78 Å². The number of aromatic nitrogens is 1. The van der Waals surface area contributed by atoms with E-state index in [4.69, 9.17) is 4.74 Å². The fourth-order valence-electron chi connectivity index (χ4n) is 5.52. The number of ether oxygens (including phenoxy) is 1. The summed E-state index contributed by atoms with van der Waals surface area (Å²) < 4.78 is 7.15. The molecule has 5 heteroatoms. The SMILES string of the molecule is CC(C)(C)OC(=O)n1cc2c3c(cccc31)C(=O)C(NC(c1ccccc1)(c1ccccc1)c1ccccc1)=C2. The highest BCUT2D eigenvalue weighted by atomic mass is 16.6. The average Bonchev–Trinajstić information content (AvgIpc) is 3.34. The fourth-order valence-corrected chi connectivity index (χ4v) is 5.52. The van der Waals surface area contributed by atoms with Gasteiger partial charge in [-0.3, -0.25) is 9.36 Å². The van der Waals surface area contributed by atoms with Crippen molar-refractivity contribution in [1.82, 2.24) is 9.88 Å². The lowest BCUT2D eigenvalue weighted by molar-refractivity contribution is 0.0544. The lowest BCUT2D eigenvalue weighted by atomic mass is 9.76. The topological polar surface area (TPSA) is 60.3 Å². The predicted octanol–water partition coefficient (Wildman–Crippen LogP) is 7.54. The van der Waals surface area contributed by atoms with Gasteiger partial charge in [0.2, 0.25) is 5.78 Å². The van der Waals surface area contributed by atoms with Crippen molar-refractivity contribution < 1.29 is 14.3 Å². The summed E-state index contributed by atoms with van der Waals surface area (Å²) in [6, 6.07) is 35.9. The van der Waals surface area contributed by atoms with E-state index in [1.54, 1.807) is 6.20 Å². The van der Waals surface area contributed by atoms with Crippen LogP contribution in [0.25, 0.3) is 17.0 Å². The maximum atomic E-state index is 14.1. The fraction of sp³-hybridized carbons (Fsp3) is 0.143. The number of carbonyl (C=O) groups excluding carboxylic acids is 2. The minimum Gasteiger partial charge on any atom is -0.443 e. The first-order chi connectivity index (χ1) is 19.3. The lowest BCUT2D eigenvalue weighted by Crippen LogP contribution is -2.45. The zero-order valence-electron chi connectivity index (χ0n) is 22.7. The Morgan fingerprint density at radius 3 is 1.75 bits per heavy atom. The van der Waals surface area contributed by atoms with E-state index in [0.717, 1.165) is 27.6 Å². The third-order valence-corrected chi connectivity index (χ3v) is 7.18. The highest BCUT2D eigenvalue weighted by Crippen LogP contribution is 2.40. The lowest BCUT2D eigenvalue weighted by Gasteiger charge is -2.38. The molecule has 198 valence electrons. The number of Topliss-reactive ketones (excluding diaryl/α,β-unsaturated/α-hetero) is 1. The van der Waals surface area contributed by atoms with Crippen LogP contribution in [-0.4, -0.2) is 22.0 Å². The first-order valence-electron chi connectivity index (χ1n) is 13.4. The number of hydrogen-bond acceptors (Lipinski definition) is 4. The Hall–Kier alpha value is -4.90. The number of allylic oxidation sites excluding steroid dienone is 1. The summed E-state index contributed by atoms with van der Waals surface area (Å²) in [5.74, 6) is -0.132.